The van der Waals surface area contributed by atoms with E-state index in [4.69, 9.17) is 0 Å². The number of pyridine rings is 1. The van der Waals surface area contributed by atoms with Gasteiger partial charge in [-0.1, -0.05) is 30.3 Å². The number of alkyl halides is 3. The van der Waals surface area contributed by atoms with Crippen LogP contribution in [-0.2, 0) is 17.5 Å². The van der Waals surface area contributed by atoms with Gasteiger partial charge in [0.1, 0.15) is 6.54 Å². The molecule has 3 heterocycles. The molecule has 1 aliphatic heterocycles. The van der Waals surface area contributed by atoms with Gasteiger partial charge in [0.15, 0.2) is 5.69 Å². The molecule has 0 spiro atoms. The van der Waals surface area contributed by atoms with Crippen molar-refractivity contribution in [3.05, 3.63) is 71.3 Å². The standard InChI is InChI=1S/C23H23F3N4O/c1-15-11-18(17-7-4-3-5-8-17)13-19(27-15)20-9-6-10-29(20)22(31)14-30-16(2)12-21(28-30)23(24,25)26/h3-5,7-8,11-13,20H,6,9-10,14H2,1-2H3/t20-/m1/s1. The molecule has 31 heavy (non-hydrogen) atoms. The van der Waals surface area contributed by atoms with Crippen molar-refractivity contribution in [3.8, 4) is 11.1 Å². The number of carbonyl (C=O) groups is 1. The molecule has 0 bridgehead atoms. The summed E-state index contributed by atoms with van der Waals surface area (Å²) in [6.07, 6.45) is -2.95. The van der Waals surface area contributed by atoms with Gasteiger partial charge in [0.25, 0.3) is 0 Å². The minimum absolute atomic E-state index is 0.201. The molecule has 5 nitrogen and oxygen atoms in total. The maximum Gasteiger partial charge on any atom is 0.435 e. The minimum atomic E-state index is -4.53. The predicted molar refractivity (Wildman–Crippen MR) is 110 cm³/mol. The van der Waals surface area contributed by atoms with Crippen molar-refractivity contribution in [2.24, 2.45) is 0 Å². The van der Waals surface area contributed by atoms with Gasteiger partial charge in [-0.2, -0.15) is 18.3 Å². The second-order valence-corrected chi connectivity index (χ2v) is 7.86. The maximum atomic E-state index is 13.0. The number of nitrogens with zero attached hydrogens (tertiary/aromatic N) is 4. The monoisotopic (exact) mass is 428 g/mol. The van der Waals surface area contributed by atoms with E-state index in [-0.39, 0.29) is 18.5 Å². The van der Waals surface area contributed by atoms with Crippen LogP contribution in [0.15, 0.2) is 48.5 Å². The Labute approximate surface area is 178 Å². The highest BCUT2D eigenvalue weighted by Crippen LogP contribution is 2.34. The molecule has 2 aromatic heterocycles. The molecular weight excluding hydrogens is 405 g/mol. The molecule has 1 saturated heterocycles. The van der Waals surface area contributed by atoms with Crippen molar-refractivity contribution < 1.29 is 18.0 Å². The van der Waals surface area contributed by atoms with Gasteiger partial charge in [-0.3, -0.25) is 14.5 Å². The molecule has 0 N–H and O–H groups in total. The molecule has 0 unspecified atom stereocenters. The molecule has 1 aromatic carbocycles. The number of likely N-dealkylation sites (tertiary alicyclic amines) is 1. The number of rotatable bonds is 4. The van der Waals surface area contributed by atoms with Crippen LogP contribution < -0.4 is 0 Å². The van der Waals surface area contributed by atoms with Crippen molar-refractivity contribution in [2.45, 2.75) is 45.5 Å². The fraction of sp³-hybridized carbons (Fsp3) is 0.348. The normalized spacial score (nSPS) is 16.7. The first-order valence-electron chi connectivity index (χ1n) is 10.2. The lowest BCUT2D eigenvalue weighted by Crippen LogP contribution is -2.34. The molecule has 3 aromatic rings. The lowest BCUT2D eigenvalue weighted by molar-refractivity contribution is -0.142. The first kappa shape index (κ1) is 21.1. The molecule has 1 aliphatic rings. The quantitative estimate of drug-likeness (QED) is 0.591. The number of aryl methyl sites for hydroxylation is 2. The Morgan fingerprint density at radius 2 is 1.84 bits per heavy atom. The molecule has 0 aliphatic carbocycles. The summed E-state index contributed by atoms with van der Waals surface area (Å²) in [5.41, 5.74) is 3.07. The fourth-order valence-corrected chi connectivity index (χ4v) is 4.06. The number of halogens is 3. The zero-order valence-electron chi connectivity index (χ0n) is 17.4. The van der Waals surface area contributed by atoms with Crippen LogP contribution >= 0.6 is 0 Å². The average Bonchev–Trinajstić information content (AvgIpc) is 3.35. The van der Waals surface area contributed by atoms with Crippen molar-refractivity contribution in [1.29, 1.82) is 0 Å². The first-order valence-corrected chi connectivity index (χ1v) is 10.2. The molecule has 8 heteroatoms. The smallest absolute Gasteiger partial charge is 0.332 e. The number of hydrogen-bond donors (Lipinski definition) is 0. The average molecular weight is 428 g/mol. The first-order chi connectivity index (χ1) is 14.7. The van der Waals surface area contributed by atoms with Crippen LogP contribution in [0.2, 0.25) is 0 Å². The summed E-state index contributed by atoms with van der Waals surface area (Å²) >= 11 is 0. The van der Waals surface area contributed by atoms with Gasteiger partial charge >= 0.3 is 6.18 Å². The molecule has 4 rings (SSSR count). The molecule has 0 radical (unpaired) electrons. The van der Waals surface area contributed by atoms with Gasteiger partial charge in [0, 0.05) is 17.9 Å². The molecule has 1 amide bonds. The van der Waals surface area contributed by atoms with Crippen LogP contribution in [0, 0.1) is 13.8 Å². The van der Waals surface area contributed by atoms with E-state index in [0.29, 0.717) is 12.2 Å². The van der Waals surface area contributed by atoms with E-state index < -0.39 is 11.9 Å². The molecule has 1 fully saturated rings. The van der Waals surface area contributed by atoms with Crippen LogP contribution in [0.3, 0.4) is 0 Å². The summed E-state index contributed by atoms with van der Waals surface area (Å²) in [4.78, 5) is 19.4. The Morgan fingerprint density at radius 3 is 2.52 bits per heavy atom. The van der Waals surface area contributed by atoms with Gasteiger partial charge in [0.05, 0.1) is 11.7 Å². The van der Waals surface area contributed by atoms with Crippen LogP contribution in [0.5, 0.6) is 0 Å². The Balaban J connectivity index is 1.58. The summed E-state index contributed by atoms with van der Waals surface area (Å²) in [5.74, 6) is -0.257. The maximum absolute atomic E-state index is 13.0. The summed E-state index contributed by atoms with van der Waals surface area (Å²) in [6, 6.07) is 14.7. The summed E-state index contributed by atoms with van der Waals surface area (Å²) in [7, 11) is 0. The molecular formula is C23H23F3N4O. The van der Waals surface area contributed by atoms with Gasteiger partial charge in [-0.25, -0.2) is 0 Å². The summed E-state index contributed by atoms with van der Waals surface area (Å²) in [6.45, 7) is 3.76. The van der Waals surface area contributed by atoms with Crippen molar-refractivity contribution in [2.75, 3.05) is 6.54 Å². The zero-order valence-corrected chi connectivity index (χ0v) is 17.4. The molecule has 0 saturated carbocycles. The van der Waals surface area contributed by atoms with E-state index in [9.17, 15) is 18.0 Å². The Hall–Kier alpha value is -3.16. The van der Waals surface area contributed by atoms with E-state index in [1.54, 1.807) is 4.90 Å². The summed E-state index contributed by atoms with van der Waals surface area (Å²) < 4.78 is 39.9. The number of aromatic nitrogens is 3. The Morgan fingerprint density at radius 1 is 1.10 bits per heavy atom. The largest absolute Gasteiger partial charge is 0.435 e. The third-order valence-corrected chi connectivity index (χ3v) is 5.55. The number of amides is 1. The number of carbonyl (C=O) groups excluding carboxylic acids is 1. The van der Waals surface area contributed by atoms with Crippen molar-refractivity contribution in [1.82, 2.24) is 19.7 Å². The lowest BCUT2D eigenvalue weighted by atomic mass is 10.0. The predicted octanol–water partition coefficient (Wildman–Crippen LogP) is 4.94. The van der Waals surface area contributed by atoms with Gasteiger partial charge in [-0.05, 0) is 56.0 Å². The highest BCUT2D eigenvalue weighted by Gasteiger charge is 2.36. The van der Waals surface area contributed by atoms with E-state index in [0.717, 1.165) is 46.1 Å². The topological polar surface area (TPSA) is 51.0 Å². The molecule has 162 valence electrons. The highest BCUT2D eigenvalue weighted by atomic mass is 19.4. The van der Waals surface area contributed by atoms with Crippen LogP contribution in [0.4, 0.5) is 13.2 Å². The van der Waals surface area contributed by atoms with E-state index in [1.807, 2.05) is 49.4 Å². The number of benzene rings is 1. The van der Waals surface area contributed by atoms with E-state index in [2.05, 4.69) is 10.1 Å². The fourth-order valence-electron chi connectivity index (χ4n) is 4.06. The Bertz CT molecular complexity index is 1090. The van der Waals surface area contributed by atoms with Gasteiger partial charge < -0.3 is 4.90 Å². The zero-order chi connectivity index (χ0) is 22.2. The van der Waals surface area contributed by atoms with E-state index in [1.165, 1.54) is 6.92 Å². The third kappa shape index (κ3) is 4.47. The van der Waals surface area contributed by atoms with Crippen LogP contribution in [-0.4, -0.2) is 32.1 Å². The lowest BCUT2D eigenvalue weighted by Gasteiger charge is -2.25. The SMILES string of the molecule is Cc1cc(-c2ccccc2)cc([C@H]2CCCN2C(=O)Cn2nc(C(F)(F)F)cc2C)n1. The van der Waals surface area contributed by atoms with Gasteiger partial charge in [-0.15, -0.1) is 0 Å². The van der Waals surface area contributed by atoms with Crippen LogP contribution in [0.25, 0.3) is 11.1 Å². The number of hydrogen-bond acceptors (Lipinski definition) is 3. The second kappa shape index (κ2) is 8.17. The second-order valence-electron chi connectivity index (χ2n) is 7.86. The highest BCUT2D eigenvalue weighted by molar-refractivity contribution is 5.77. The minimum Gasteiger partial charge on any atom is -0.332 e. The Kier molecular flexibility index (Phi) is 5.56. The van der Waals surface area contributed by atoms with E-state index >= 15 is 0 Å². The van der Waals surface area contributed by atoms with Crippen LogP contribution in [0.1, 0.15) is 41.7 Å². The van der Waals surface area contributed by atoms with Crippen molar-refractivity contribution >= 4 is 5.91 Å². The van der Waals surface area contributed by atoms with Crippen molar-refractivity contribution in [3.63, 3.8) is 0 Å². The van der Waals surface area contributed by atoms with Gasteiger partial charge in [0.2, 0.25) is 5.91 Å². The molecule has 1 atom stereocenters. The summed E-state index contributed by atoms with van der Waals surface area (Å²) in [5, 5.41) is 3.59. The third-order valence-electron chi connectivity index (χ3n) is 5.55.